The average molecular weight is 345 g/mol. The molecule has 0 N–H and O–H groups in total. The van der Waals surface area contributed by atoms with Gasteiger partial charge in [-0.2, -0.15) is 5.26 Å². The molecule has 0 fully saturated rings. The van der Waals surface area contributed by atoms with Crippen LogP contribution in [-0.4, -0.2) is 23.9 Å². The molecular weight excluding hydrogens is 333 g/mol. The second kappa shape index (κ2) is 7.00. The Morgan fingerprint density at radius 2 is 2.04 bits per heavy atom. The maximum absolute atomic E-state index is 15.0. The van der Waals surface area contributed by atoms with Crippen molar-refractivity contribution >= 4 is 16.7 Å². The highest BCUT2D eigenvalue weighted by Crippen LogP contribution is 2.32. The lowest BCUT2D eigenvalue weighted by atomic mass is 10.0. The SMILES string of the molecule is [C-]#[N+]C(C#N)C(=O)c1ccc2c(OC)cc(-c3ccccc3)nc2c1F. The molecule has 0 saturated heterocycles. The minimum absolute atomic E-state index is 0.0456. The number of ether oxygens (including phenoxy) is 1. The van der Waals surface area contributed by atoms with E-state index in [1.165, 1.54) is 19.2 Å². The standard InChI is InChI=1S/C20H12FN3O2/c1-23-16(11-22)20(25)14-9-8-13-17(26-2)10-15(24-19(13)18(14)21)12-6-4-3-5-7-12/h3-10,16H,2H3. The second-order valence-corrected chi connectivity index (χ2v) is 5.42. The molecule has 0 radical (unpaired) electrons. The van der Waals surface area contributed by atoms with Crippen molar-refractivity contribution in [1.29, 1.82) is 5.26 Å². The van der Waals surface area contributed by atoms with Crippen molar-refractivity contribution in [2.45, 2.75) is 6.04 Å². The number of Topliss-reactive ketones (excluding diaryl/α,β-unsaturated/α-hetero) is 1. The first kappa shape index (κ1) is 17.1. The van der Waals surface area contributed by atoms with Crippen LogP contribution in [0.4, 0.5) is 4.39 Å². The number of halogens is 1. The quantitative estimate of drug-likeness (QED) is 0.529. The van der Waals surface area contributed by atoms with Gasteiger partial charge in [-0.25, -0.2) is 15.9 Å². The number of aromatic nitrogens is 1. The van der Waals surface area contributed by atoms with Crippen LogP contribution in [0, 0.1) is 23.7 Å². The highest BCUT2D eigenvalue weighted by Gasteiger charge is 2.28. The number of carbonyl (C=O) groups excluding carboxylic acids is 1. The number of hydrogen-bond donors (Lipinski definition) is 0. The first-order valence-corrected chi connectivity index (χ1v) is 7.63. The van der Waals surface area contributed by atoms with Gasteiger partial charge in [0.2, 0.25) is 0 Å². The molecule has 0 aliphatic rings. The Bertz CT molecular complexity index is 1070. The molecule has 0 aliphatic heterocycles. The van der Waals surface area contributed by atoms with Gasteiger partial charge in [-0.05, 0) is 12.1 Å². The molecular formula is C20H12FN3O2. The molecule has 1 aromatic heterocycles. The first-order chi connectivity index (χ1) is 12.6. The Morgan fingerprint density at radius 1 is 1.31 bits per heavy atom. The summed E-state index contributed by atoms with van der Waals surface area (Å²) in [6, 6.07) is 13.6. The molecule has 1 heterocycles. The maximum atomic E-state index is 15.0. The van der Waals surface area contributed by atoms with Crippen molar-refractivity contribution in [3.8, 4) is 23.1 Å². The van der Waals surface area contributed by atoms with Crippen LogP contribution in [0.5, 0.6) is 5.75 Å². The number of fused-ring (bicyclic) bond motifs is 1. The van der Waals surface area contributed by atoms with Crippen LogP contribution < -0.4 is 4.74 Å². The van der Waals surface area contributed by atoms with Crippen molar-refractivity contribution in [3.63, 3.8) is 0 Å². The van der Waals surface area contributed by atoms with Gasteiger partial charge < -0.3 is 4.74 Å². The van der Waals surface area contributed by atoms with E-state index in [1.54, 1.807) is 12.1 Å². The van der Waals surface area contributed by atoms with Crippen molar-refractivity contribution in [2.75, 3.05) is 7.11 Å². The number of ketones is 1. The number of carbonyl (C=O) groups is 1. The summed E-state index contributed by atoms with van der Waals surface area (Å²) >= 11 is 0. The molecule has 3 rings (SSSR count). The van der Waals surface area contributed by atoms with Gasteiger partial charge in [0.15, 0.2) is 11.9 Å². The molecule has 26 heavy (non-hydrogen) atoms. The van der Waals surface area contributed by atoms with Gasteiger partial charge >= 0.3 is 6.04 Å². The van der Waals surface area contributed by atoms with E-state index in [-0.39, 0.29) is 11.1 Å². The number of hydrogen-bond acceptors (Lipinski definition) is 4. The fourth-order valence-electron chi connectivity index (χ4n) is 2.64. The van der Waals surface area contributed by atoms with Crippen molar-refractivity contribution in [2.24, 2.45) is 0 Å². The number of nitrogens with zero attached hydrogens (tertiary/aromatic N) is 3. The zero-order chi connectivity index (χ0) is 18.7. The van der Waals surface area contributed by atoms with Crippen LogP contribution in [0.2, 0.25) is 0 Å². The number of methoxy groups -OCH3 is 1. The van der Waals surface area contributed by atoms with Crippen molar-refractivity contribution < 1.29 is 13.9 Å². The third-order valence-corrected chi connectivity index (χ3v) is 3.94. The molecule has 126 valence electrons. The van der Waals surface area contributed by atoms with Crippen LogP contribution in [0.1, 0.15) is 10.4 Å². The first-order valence-electron chi connectivity index (χ1n) is 7.63. The molecule has 1 unspecified atom stereocenters. The molecule has 1 atom stereocenters. The summed E-state index contributed by atoms with van der Waals surface area (Å²) in [4.78, 5) is 19.5. The Balaban J connectivity index is 2.26. The predicted octanol–water partition coefficient (Wildman–Crippen LogP) is 4.04. The van der Waals surface area contributed by atoms with E-state index >= 15 is 4.39 Å². The van der Waals surface area contributed by atoms with E-state index < -0.39 is 17.6 Å². The second-order valence-electron chi connectivity index (χ2n) is 5.42. The van der Waals surface area contributed by atoms with Crippen LogP contribution in [0.25, 0.3) is 27.0 Å². The summed E-state index contributed by atoms with van der Waals surface area (Å²) in [6.07, 6.45) is 0. The molecule has 3 aromatic rings. The van der Waals surface area contributed by atoms with Crippen molar-refractivity contribution in [3.05, 3.63) is 71.3 Å². The topological polar surface area (TPSA) is 67.3 Å². The van der Waals surface area contributed by atoms with Gasteiger partial charge in [-0.3, -0.25) is 9.64 Å². The number of benzene rings is 2. The molecule has 0 amide bonds. The molecule has 5 nitrogen and oxygen atoms in total. The van der Waals surface area contributed by atoms with E-state index in [0.29, 0.717) is 16.8 Å². The Kier molecular flexibility index (Phi) is 4.59. The Morgan fingerprint density at radius 3 is 2.65 bits per heavy atom. The van der Waals surface area contributed by atoms with Gasteiger partial charge in [0.25, 0.3) is 5.78 Å². The summed E-state index contributed by atoms with van der Waals surface area (Å²) in [6.45, 7) is 6.91. The zero-order valence-electron chi connectivity index (χ0n) is 13.7. The lowest BCUT2D eigenvalue weighted by Crippen LogP contribution is -2.16. The number of nitriles is 1. The molecule has 2 aromatic carbocycles. The highest BCUT2D eigenvalue weighted by atomic mass is 19.1. The van der Waals surface area contributed by atoms with E-state index in [1.807, 2.05) is 30.3 Å². The number of pyridine rings is 1. The van der Waals surface area contributed by atoms with Gasteiger partial charge in [-0.15, -0.1) is 0 Å². The lowest BCUT2D eigenvalue weighted by Gasteiger charge is -2.11. The largest absolute Gasteiger partial charge is 0.496 e. The molecule has 0 saturated carbocycles. The summed E-state index contributed by atoms with van der Waals surface area (Å²) in [5, 5.41) is 9.29. The summed E-state index contributed by atoms with van der Waals surface area (Å²) in [5.41, 5.74) is 0.871. The van der Waals surface area contributed by atoms with Crippen LogP contribution >= 0.6 is 0 Å². The Hall–Kier alpha value is -3.77. The summed E-state index contributed by atoms with van der Waals surface area (Å²) in [7, 11) is 1.46. The highest BCUT2D eigenvalue weighted by molar-refractivity contribution is 6.06. The minimum atomic E-state index is -1.58. The molecule has 0 bridgehead atoms. The normalized spacial score (nSPS) is 11.4. The minimum Gasteiger partial charge on any atom is -0.496 e. The molecule has 0 aliphatic carbocycles. The third-order valence-electron chi connectivity index (χ3n) is 3.94. The van der Waals surface area contributed by atoms with Crippen molar-refractivity contribution in [1.82, 2.24) is 4.98 Å². The Labute approximate surface area is 149 Å². The van der Waals surface area contributed by atoms with Crippen LogP contribution in [0.3, 0.4) is 0 Å². The van der Waals surface area contributed by atoms with Gasteiger partial charge in [0.05, 0.1) is 18.4 Å². The zero-order valence-corrected chi connectivity index (χ0v) is 13.7. The average Bonchev–Trinajstić information content (AvgIpc) is 2.69. The van der Waals surface area contributed by atoms with E-state index in [2.05, 4.69) is 9.83 Å². The summed E-state index contributed by atoms with van der Waals surface area (Å²) in [5.74, 6) is -1.34. The van der Waals surface area contributed by atoms with Gasteiger partial charge in [0.1, 0.15) is 11.3 Å². The maximum Gasteiger partial charge on any atom is 0.368 e. The fourth-order valence-corrected chi connectivity index (χ4v) is 2.64. The summed E-state index contributed by atoms with van der Waals surface area (Å²) < 4.78 is 20.4. The predicted molar refractivity (Wildman–Crippen MR) is 94.0 cm³/mol. The lowest BCUT2D eigenvalue weighted by molar-refractivity contribution is 0.0988. The van der Waals surface area contributed by atoms with E-state index in [9.17, 15) is 4.79 Å². The number of rotatable bonds is 4. The van der Waals surface area contributed by atoms with Crippen LogP contribution in [0.15, 0.2) is 48.5 Å². The van der Waals surface area contributed by atoms with Gasteiger partial charge in [0, 0.05) is 17.0 Å². The molecule has 0 spiro atoms. The monoisotopic (exact) mass is 345 g/mol. The third kappa shape index (κ3) is 2.85. The van der Waals surface area contributed by atoms with E-state index in [4.69, 9.17) is 16.6 Å². The van der Waals surface area contributed by atoms with Gasteiger partial charge in [-0.1, -0.05) is 30.3 Å². The fraction of sp³-hybridized carbons (Fsp3) is 0.100. The smallest absolute Gasteiger partial charge is 0.368 e. The molecule has 6 heteroatoms. The van der Waals surface area contributed by atoms with E-state index in [0.717, 1.165) is 5.56 Å². The van der Waals surface area contributed by atoms with Crippen LogP contribution in [-0.2, 0) is 0 Å².